The van der Waals surface area contributed by atoms with Crippen LogP contribution in [0.1, 0.15) is 25.3 Å². The van der Waals surface area contributed by atoms with Gasteiger partial charge in [-0.25, -0.2) is 4.39 Å². The third kappa shape index (κ3) is 2.74. The number of halogens is 1. The number of nitro benzene ring substituents is 1. The SMILES string of the molecule is CCC(N)c1nnc(-c2cc(F)cc([N+](=O)[O-])c2)o1. The third-order valence-electron chi connectivity index (χ3n) is 2.54. The summed E-state index contributed by atoms with van der Waals surface area (Å²) in [5.41, 5.74) is 5.48. The van der Waals surface area contributed by atoms with Gasteiger partial charge in [0.05, 0.1) is 17.0 Å². The summed E-state index contributed by atoms with van der Waals surface area (Å²) in [5, 5.41) is 18.1. The van der Waals surface area contributed by atoms with Gasteiger partial charge in [-0.2, -0.15) is 0 Å². The van der Waals surface area contributed by atoms with Crippen molar-refractivity contribution in [1.82, 2.24) is 10.2 Å². The predicted molar refractivity (Wildman–Crippen MR) is 63.6 cm³/mol. The molecule has 19 heavy (non-hydrogen) atoms. The number of non-ortho nitro benzene ring substituents is 1. The number of hydrogen-bond donors (Lipinski definition) is 1. The van der Waals surface area contributed by atoms with Gasteiger partial charge in [0.1, 0.15) is 5.82 Å². The van der Waals surface area contributed by atoms with Crippen molar-refractivity contribution in [1.29, 1.82) is 0 Å². The van der Waals surface area contributed by atoms with Crippen molar-refractivity contribution in [3.8, 4) is 11.5 Å². The molecule has 0 aliphatic carbocycles. The van der Waals surface area contributed by atoms with Gasteiger partial charge in [0.2, 0.25) is 11.8 Å². The van der Waals surface area contributed by atoms with E-state index in [9.17, 15) is 14.5 Å². The Labute approximate surface area is 107 Å². The van der Waals surface area contributed by atoms with E-state index in [-0.39, 0.29) is 23.0 Å². The molecule has 2 rings (SSSR count). The molecule has 0 amide bonds. The Balaban J connectivity index is 2.41. The maximum Gasteiger partial charge on any atom is 0.273 e. The molecule has 8 heteroatoms. The van der Waals surface area contributed by atoms with E-state index in [2.05, 4.69) is 10.2 Å². The fourth-order valence-electron chi connectivity index (χ4n) is 1.48. The highest BCUT2D eigenvalue weighted by molar-refractivity contribution is 5.57. The lowest BCUT2D eigenvalue weighted by Gasteiger charge is -2.00. The molecule has 1 unspecified atom stereocenters. The summed E-state index contributed by atoms with van der Waals surface area (Å²) >= 11 is 0. The van der Waals surface area contributed by atoms with Crippen LogP contribution in [-0.4, -0.2) is 15.1 Å². The second kappa shape index (κ2) is 5.11. The average Bonchev–Trinajstić information content (AvgIpc) is 2.86. The second-order valence-corrected chi connectivity index (χ2v) is 3.92. The van der Waals surface area contributed by atoms with E-state index in [1.54, 1.807) is 0 Å². The number of nitro groups is 1. The van der Waals surface area contributed by atoms with Crippen LogP contribution in [0.15, 0.2) is 22.6 Å². The summed E-state index contributed by atoms with van der Waals surface area (Å²) in [7, 11) is 0. The van der Waals surface area contributed by atoms with Crippen molar-refractivity contribution >= 4 is 5.69 Å². The zero-order chi connectivity index (χ0) is 14.0. The van der Waals surface area contributed by atoms with Crippen LogP contribution in [0.4, 0.5) is 10.1 Å². The minimum absolute atomic E-state index is 0.00139. The van der Waals surface area contributed by atoms with Crippen LogP contribution in [0, 0.1) is 15.9 Å². The molecule has 1 heterocycles. The fourth-order valence-corrected chi connectivity index (χ4v) is 1.48. The van der Waals surface area contributed by atoms with Gasteiger partial charge in [-0.3, -0.25) is 10.1 Å². The number of nitrogens with two attached hydrogens (primary N) is 1. The first-order valence-electron chi connectivity index (χ1n) is 5.55. The average molecular weight is 266 g/mol. The van der Waals surface area contributed by atoms with E-state index in [1.165, 1.54) is 0 Å². The van der Waals surface area contributed by atoms with Crippen molar-refractivity contribution in [2.75, 3.05) is 0 Å². The lowest BCUT2D eigenvalue weighted by Crippen LogP contribution is -2.08. The summed E-state index contributed by atoms with van der Waals surface area (Å²) in [4.78, 5) is 9.96. The molecule has 2 aromatic rings. The molecule has 1 aromatic carbocycles. The minimum Gasteiger partial charge on any atom is -0.419 e. The summed E-state index contributed by atoms with van der Waals surface area (Å²) in [5.74, 6) is -0.533. The Morgan fingerprint density at radius 1 is 1.47 bits per heavy atom. The van der Waals surface area contributed by atoms with Gasteiger partial charge in [0, 0.05) is 11.6 Å². The highest BCUT2D eigenvalue weighted by Crippen LogP contribution is 2.25. The third-order valence-corrected chi connectivity index (χ3v) is 2.54. The van der Waals surface area contributed by atoms with Crippen LogP contribution < -0.4 is 5.73 Å². The first-order valence-corrected chi connectivity index (χ1v) is 5.55. The molecule has 0 aliphatic rings. The first-order chi connectivity index (χ1) is 9.01. The predicted octanol–water partition coefficient (Wildman–Crippen LogP) is 2.19. The van der Waals surface area contributed by atoms with Gasteiger partial charge >= 0.3 is 0 Å². The van der Waals surface area contributed by atoms with E-state index in [0.29, 0.717) is 6.42 Å². The topological polar surface area (TPSA) is 108 Å². The molecule has 1 atom stereocenters. The summed E-state index contributed by atoms with van der Waals surface area (Å²) in [6.45, 7) is 1.85. The van der Waals surface area contributed by atoms with E-state index < -0.39 is 16.8 Å². The minimum atomic E-state index is -0.747. The Bertz CT molecular complexity index is 614. The zero-order valence-corrected chi connectivity index (χ0v) is 10.0. The molecule has 0 saturated carbocycles. The molecular formula is C11H11FN4O3. The standard InChI is InChI=1S/C11H11FN4O3/c1-2-9(13)11-15-14-10(19-11)6-3-7(12)5-8(4-6)16(17)18/h3-5,9H,2,13H2,1H3. The van der Waals surface area contributed by atoms with E-state index in [1.807, 2.05) is 6.92 Å². The normalized spacial score (nSPS) is 12.4. The van der Waals surface area contributed by atoms with Crippen molar-refractivity contribution in [3.05, 3.63) is 40.0 Å². The van der Waals surface area contributed by atoms with Crippen molar-refractivity contribution in [2.45, 2.75) is 19.4 Å². The molecule has 0 aliphatic heterocycles. The van der Waals surface area contributed by atoms with Crippen LogP contribution in [0.5, 0.6) is 0 Å². The van der Waals surface area contributed by atoms with Gasteiger partial charge in [-0.05, 0) is 12.5 Å². The Kier molecular flexibility index (Phi) is 3.52. The largest absolute Gasteiger partial charge is 0.419 e. The molecule has 0 radical (unpaired) electrons. The monoisotopic (exact) mass is 266 g/mol. The summed E-state index contributed by atoms with van der Waals surface area (Å²) in [6.07, 6.45) is 0.602. The van der Waals surface area contributed by atoms with Crippen molar-refractivity contribution < 1.29 is 13.7 Å². The number of rotatable bonds is 4. The van der Waals surface area contributed by atoms with Crippen LogP contribution in [0.25, 0.3) is 11.5 Å². The molecule has 2 N–H and O–H groups in total. The van der Waals surface area contributed by atoms with Crippen LogP contribution in [-0.2, 0) is 0 Å². The Hall–Kier alpha value is -2.35. The van der Waals surface area contributed by atoms with Crippen LogP contribution in [0.3, 0.4) is 0 Å². The molecule has 0 fully saturated rings. The molecule has 1 aromatic heterocycles. The Morgan fingerprint density at radius 3 is 2.84 bits per heavy atom. The lowest BCUT2D eigenvalue weighted by molar-refractivity contribution is -0.385. The van der Waals surface area contributed by atoms with Gasteiger partial charge in [-0.15, -0.1) is 10.2 Å². The van der Waals surface area contributed by atoms with Crippen molar-refractivity contribution in [2.24, 2.45) is 5.73 Å². The number of hydrogen-bond acceptors (Lipinski definition) is 6. The van der Waals surface area contributed by atoms with E-state index in [4.69, 9.17) is 10.2 Å². The number of nitrogens with zero attached hydrogens (tertiary/aromatic N) is 3. The fraction of sp³-hybridized carbons (Fsp3) is 0.273. The maximum absolute atomic E-state index is 13.3. The highest BCUT2D eigenvalue weighted by Gasteiger charge is 2.17. The summed E-state index contributed by atoms with van der Waals surface area (Å²) in [6, 6.07) is 2.66. The molecule has 0 bridgehead atoms. The molecule has 0 saturated heterocycles. The molecular weight excluding hydrogens is 255 g/mol. The quantitative estimate of drug-likeness (QED) is 0.671. The van der Waals surface area contributed by atoms with Gasteiger partial charge in [0.15, 0.2) is 0 Å². The number of benzene rings is 1. The summed E-state index contributed by atoms with van der Waals surface area (Å²) < 4.78 is 18.6. The molecule has 100 valence electrons. The molecule has 7 nitrogen and oxygen atoms in total. The highest BCUT2D eigenvalue weighted by atomic mass is 19.1. The lowest BCUT2D eigenvalue weighted by atomic mass is 10.2. The first kappa shape index (κ1) is 13.1. The van der Waals surface area contributed by atoms with Gasteiger partial charge in [0.25, 0.3) is 5.69 Å². The maximum atomic E-state index is 13.3. The Morgan fingerprint density at radius 2 is 2.21 bits per heavy atom. The van der Waals surface area contributed by atoms with Crippen LogP contribution >= 0.6 is 0 Å². The van der Waals surface area contributed by atoms with E-state index >= 15 is 0 Å². The number of aromatic nitrogens is 2. The van der Waals surface area contributed by atoms with Gasteiger partial charge in [-0.1, -0.05) is 6.92 Å². The van der Waals surface area contributed by atoms with E-state index in [0.717, 1.165) is 18.2 Å². The van der Waals surface area contributed by atoms with Crippen molar-refractivity contribution in [3.63, 3.8) is 0 Å². The smallest absolute Gasteiger partial charge is 0.273 e. The molecule has 0 spiro atoms. The van der Waals surface area contributed by atoms with Crippen LogP contribution in [0.2, 0.25) is 0 Å². The van der Waals surface area contributed by atoms with Gasteiger partial charge < -0.3 is 10.2 Å². The second-order valence-electron chi connectivity index (χ2n) is 3.92. The zero-order valence-electron chi connectivity index (χ0n) is 10.0.